The van der Waals surface area contributed by atoms with Gasteiger partial charge in [-0.25, -0.2) is 8.42 Å². The highest BCUT2D eigenvalue weighted by Gasteiger charge is 2.25. The van der Waals surface area contributed by atoms with Gasteiger partial charge in [0.1, 0.15) is 0 Å². The molecule has 162 valence electrons. The predicted molar refractivity (Wildman–Crippen MR) is 122 cm³/mol. The lowest BCUT2D eigenvalue weighted by atomic mass is 10.2. The summed E-state index contributed by atoms with van der Waals surface area (Å²) < 4.78 is 27.4. The molecule has 6 nitrogen and oxygen atoms in total. The van der Waals surface area contributed by atoms with Crippen molar-refractivity contribution in [2.75, 3.05) is 36.4 Å². The highest BCUT2D eigenvalue weighted by molar-refractivity contribution is 7.89. The average Bonchev–Trinajstić information content (AvgIpc) is 3.25. The van der Waals surface area contributed by atoms with E-state index in [1.807, 2.05) is 0 Å². The highest BCUT2D eigenvalue weighted by Crippen LogP contribution is 2.33. The first-order chi connectivity index (χ1) is 14.3. The molecule has 0 bridgehead atoms. The molecule has 1 heterocycles. The number of anilines is 2. The quantitative estimate of drug-likeness (QED) is 0.627. The third kappa shape index (κ3) is 4.59. The molecule has 30 heavy (non-hydrogen) atoms. The normalized spacial score (nSPS) is 14.4. The number of carbonyl (C=O) groups is 1. The second-order valence-corrected chi connectivity index (χ2v) is 9.74. The van der Waals surface area contributed by atoms with Crippen LogP contribution in [-0.4, -0.2) is 44.8 Å². The molecular formula is C21H25Cl2N3O3S. The van der Waals surface area contributed by atoms with Crippen LogP contribution in [0.4, 0.5) is 11.4 Å². The molecule has 1 amide bonds. The molecule has 0 saturated carbocycles. The van der Waals surface area contributed by atoms with Gasteiger partial charge in [-0.2, -0.15) is 4.31 Å². The number of benzene rings is 2. The van der Waals surface area contributed by atoms with Crippen molar-refractivity contribution in [3.05, 3.63) is 52.0 Å². The Morgan fingerprint density at radius 2 is 1.77 bits per heavy atom. The molecule has 9 heteroatoms. The maximum Gasteiger partial charge on any atom is 0.257 e. The van der Waals surface area contributed by atoms with Crippen molar-refractivity contribution in [2.24, 2.45) is 0 Å². The van der Waals surface area contributed by atoms with Gasteiger partial charge in [-0.15, -0.1) is 0 Å². The summed E-state index contributed by atoms with van der Waals surface area (Å²) in [6.07, 6.45) is 2.10. The van der Waals surface area contributed by atoms with Crippen LogP contribution >= 0.6 is 23.2 Å². The first kappa shape index (κ1) is 22.9. The lowest BCUT2D eigenvalue weighted by Crippen LogP contribution is -2.31. The maximum atomic E-state index is 13.0. The van der Waals surface area contributed by atoms with Crippen LogP contribution in [0.15, 0.2) is 41.3 Å². The molecular weight excluding hydrogens is 445 g/mol. The zero-order chi connectivity index (χ0) is 21.9. The van der Waals surface area contributed by atoms with Gasteiger partial charge in [0.2, 0.25) is 10.0 Å². The molecule has 1 aliphatic rings. The molecule has 0 aromatic heterocycles. The highest BCUT2D eigenvalue weighted by atomic mass is 35.5. The van der Waals surface area contributed by atoms with Gasteiger partial charge in [0.15, 0.2) is 0 Å². The molecule has 0 aliphatic carbocycles. The van der Waals surface area contributed by atoms with E-state index in [1.165, 1.54) is 10.4 Å². The first-order valence-electron chi connectivity index (χ1n) is 9.94. The van der Waals surface area contributed by atoms with Crippen LogP contribution in [0.2, 0.25) is 10.0 Å². The molecule has 3 rings (SSSR count). The Kier molecular flexibility index (Phi) is 7.29. The topological polar surface area (TPSA) is 69.7 Å². The number of rotatable bonds is 7. The summed E-state index contributed by atoms with van der Waals surface area (Å²) in [6.45, 7) is 6.03. The lowest BCUT2D eigenvalue weighted by Gasteiger charge is -2.24. The zero-order valence-corrected chi connectivity index (χ0v) is 19.3. The molecule has 0 unspecified atom stereocenters. The Labute approximate surface area is 187 Å². The van der Waals surface area contributed by atoms with Crippen LogP contribution in [-0.2, 0) is 10.0 Å². The minimum absolute atomic E-state index is 0.140. The summed E-state index contributed by atoms with van der Waals surface area (Å²) in [6, 6.07) is 9.72. The predicted octanol–water partition coefficient (Wildman–Crippen LogP) is 4.88. The van der Waals surface area contributed by atoms with Gasteiger partial charge in [-0.3, -0.25) is 4.79 Å². The van der Waals surface area contributed by atoms with E-state index in [0.29, 0.717) is 18.8 Å². The number of amides is 1. The smallest absolute Gasteiger partial charge is 0.257 e. The van der Waals surface area contributed by atoms with Gasteiger partial charge >= 0.3 is 0 Å². The minimum atomic E-state index is -3.66. The summed E-state index contributed by atoms with van der Waals surface area (Å²) in [4.78, 5) is 15.2. The average molecular weight is 470 g/mol. The van der Waals surface area contributed by atoms with E-state index >= 15 is 0 Å². The number of halogens is 2. The number of hydrogen-bond acceptors (Lipinski definition) is 4. The van der Waals surface area contributed by atoms with E-state index in [0.717, 1.165) is 31.6 Å². The number of carbonyl (C=O) groups excluding carboxylic acids is 1. The SMILES string of the molecule is CCN(CC)S(=O)(=O)c1ccc(N2CCCC2)c(NC(=O)c2cccc(Cl)c2Cl)c1. The fourth-order valence-electron chi connectivity index (χ4n) is 3.59. The van der Waals surface area contributed by atoms with E-state index in [2.05, 4.69) is 10.2 Å². The fourth-order valence-corrected chi connectivity index (χ4v) is 5.46. The largest absolute Gasteiger partial charge is 0.370 e. The van der Waals surface area contributed by atoms with Gasteiger partial charge in [0.25, 0.3) is 5.91 Å². The van der Waals surface area contributed by atoms with Crippen LogP contribution < -0.4 is 10.2 Å². The fraction of sp³-hybridized carbons (Fsp3) is 0.381. The Balaban J connectivity index is 2.03. The number of sulfonamides is 1. The van der Waals surface area contributed by atoms with Gasteiger partial charge in [-0.05, 0) is 43.2 Å². The summed E-state index contributed by atoms with van der Waals surface area (Å²) in [5.41, 5.74) is 1.46. The van der Waals surface area contributed by atoms with E-state index in [4.69, 9.17) is 23.2 Å². The van der Waals surface area contributed by atoms with Crippen molar-refractivity contribution < 1.29 is 13.2 Å². The van der Waals surface area contributed by atoms with E-state index in [-0.39, 0.29) is 20.5 Å². The third-order valence-electron chi connectivity index (χ3n) is 5.20. The molecule has 0 spiro atoms. The van der Waals surface area contributed by atoms with Crippen LogP contribution in [0.1, 0.15) is 37.0 Å². The Hall–Kier alpha value is -1.80. The monoisotopic (exact) mass is 469 g/mol. The summed E-state index contributed by atoms with van der Waals surface area (Å²) >= 11 is 12.2. The molecule has 1 aliphatic heterocycles. The summed E-state index contributed by atoms with van der Waals surface area (Å²) in [5.74, 6) is -0.444. The van der Waals surface area contributed by atoms with Gasteiger partial charge in [-0.1, -0.05) is 43.1 Å². The first-order valence-corrected chi connectivity index (χ1v) is 12.1. The Morgan fingerprint density at radius 1 is 1.10 bits per heavy atom. The van der Waals surface area contributed by atoms with Gasteiger partial charge < -0.3 is 10.2 Å². The summed E-state index contributed by atoms with van der Waals surface area (Å²) in [5, 5.41) is 3.29. The van der Waals surface area contributed by atoms with Crippen molar-refractivity contribution in [3.8, 4) is 0 Å². The van der Waals surface area contributed by atoms with E-state index < -0.39 is 15.9 Å². The number of hydrogen-bond donors (Lipinski definition) is 1. The van der Waals surface area contributed by atoms with Crippen molar-refractivity contribution in [1.29, 1.82) is 0 Å². The second kappa shape index (κ2) is 9.56. The Morgan fingerprint density at radius 3 is 2.40 bits per heavy atom. The van der Waals surface area contributed by atoms with E-state index in [9.17, 15) is 13.2 Å². The molecule has 0 radical (unpaired) electrons. The van der Waals surface area contributed by atoms with Crippen LogP contribution in [0.25, 0.3) is 0 Å². The van der Waals surface area contributed by atoms with Crippen LogP contribution in [0, 0.1) is 0 Å². The van der Waals surface area contributed by atoms with Crippen molar-refractivity contribution in [2.45, 2.75) is 31.6 Å². The van der Waals surface area contributed by atoms with Crippen molar-refractivity contribution >= 4 is 50.5 Å². The van der Waals surface area contributed by atoms with Gasteiger partial charge in [0.05, 0.1) is 31.9 Å². The zero-order valence-electron chi connectivity index (χ0n) is 17.0. The molecule has 1 saturated heterocycles. The van der Waals surface area contributed by atoms with Crippen LogP contribution in [0.3, 0.4) is 0 Å². The van der Waals surface area contributed by atoms with E-state index in [1.54, 1.807) is 44.2 Å². The summed E-state index contributed by atoms with van der Waals surface area (Å²) in [7, 11) is -3.66. The van der Waals surface area contributed by atoms with Crippen molar-refractivity contribution in [3.63, 3.8) is 0 Å². The second-order valence-electron chi connectivity index (χ2n) is 7.02. The lowest BCUT2D eigenvalue weighted by molar-refractivity contribution is 0.102. The van der Waals surface area contributed by atoms with Crippen molar-refractivity contribution in [1.82, 2.24) is 4.31 Å². The van der Waals surface area contributed by atoms with Gasteiger partial charge in [0, 0.05) is 26.2 Å². The number of nitrogens with zero attached hydrogens (tertiary/aromatic N) is 2. The Bertz CT molecular complexity index is 1030. The van der Waals surface area contributed by atoms with Crippen LogP contribution in [0.5, 0.6) is 0 Å². The molecule has 2 aromatic carbocycles. The standard InChI is InChI=1S/C21H25Cl2N3O3S/c1-3-26(4-2)30(28,29)15-10-11-19(25-12-5-6-13-25)18(14-15)24-21(27)16-8-7-9-17(22)20(16)23/h7-11,14H,3-6,12-13H2,1-2H3,(H,24,27). The number of nitrogens with one attached hydrogen (secondary N) is 1. The molecule has 2 aromatic rings. The maximum absolute atomic E-state index is 13.0. The molecule has 1 N–H and O–H groups in total. The third-order valence-corrected chi connectivity index (χ3v) is 8.07. The minimum Gasteiger partial charge on any atom is -0.370 e. The molecule has 1 fully saturated rings. The molecule has 0 atom stereocenters.